The molecule has 14 heavy (non-hydrogen) atoms. The van der Waals surface area contributed by atoms with Gasteiger partial charge in [-0.15, -0.1) is 0 Å². The third-order valence-electron chi connectivity index (χ3n) is 1.95. The lowest BCUT2D eigenvalue weighted by molar-refractivity contribution is -0.421. The van der Waals surface area contributed by atoms with Crippen molar-refractivity contribution in [2.45, 2.75) is 25.2 Å². The minimum absolute atomic E-state index is 0.132. The molecule has 0 radical (unpaired) electrons. The molecule has 0 aromatic carbocycles. The first-order chi connectivity index (χ1) is 6.59. The first-order valence-electron chi connectivity index (χ1n) is 4.25. The van der Waals surface area contributed by atoms with Gasteiger partial charge in [0.05, 0.1) is 13.5 Å². The summed E-state index contributed by atoms with van der Waals surface area (Å²) in [4.78, 5) is 20.8. The number of hydrogen-bond donors (Lipinski definition) is 0. The Morgan fingerprint density at radius 3 is 2.71 bits per heavy atom. The number of rotatable bonds is 3. The molecule has 0 N–H and O–H groups in total. The summed E-state index contributed by atoms with van der Waals surface area (Å²) in [6, 6.07) is 0. The highest BCUT2D eigenvalue weighted by Crippen LogP contribution is 2.21. The fourth-order valence-corrected chi connectivity index (χ4v) is 0.951. The van der Waals surface area contributed by atoms with Crippen molar-refractivity contribution < 1.29 is 24.0 Å². The molecule has 0 fully saturated rings. The second kappa shape index (κ2) is 4.54. The van der Waals surface area contributed by atoms with E-state index in [1.165, 1.54) is 14.2 Å². The fourth-order valence-electron chi connectivity index (χ4n) is 0.951. The van der Waals surface area contributed by atoms with Crippen LogP contribution in [0, 0.1) is 0 Å². The quantitative estimate of drug-likeness (QED) is 0.385. The van der Waals surface area contributed by atoms with Crippen molar-refractivity contribution >= 4 is 5.97 Å². The van der Waals surface area contributed by atoms with Gasteiger partial charge in [0.25, 0.3) is 0 Å². The van der Waals surface area contributed by atoms with Gasteiger partial charge in [-0.05, 0) is 13.0 Å². The van der Waals surface area contributed by atoms with Crippen molar-refractivity contribution in [1.82, 2.24) is 0 Å². The van der Waals surface area contributed by atoms with Crippen LogP contribution in [0.25, 0.3) is 0 Å². The molecule has 1 rings (SSSR count). The van der Waals surface area contributed by atoms with Crippen molar-refractivity contribution in [3.05, 3.63) is 12.2 Å². The van der Waals surface area contributed by atoms with E-state index in [-0.39, 0.29) is 12.4 Å². The molecule has 5 nitrogen and oxygen atoms in total. The smallest absolute Gasteiger partial charge is 0.308 e. The Balaban J connectivity index is 2.48. The molecule has 80 valence electrons. The van der Waals surface area contributed by atoms with Gasteiger partial charge >= 0.3 is 5.97 Å². The van der Waals surface area contributed by atoms with E-state index in [0.717, 1.165) is 0 Å². The summed E-state index contributed by atoms with van der Waals surface area (Å²) in [5.74, 6) is -1.21. The Hall–Kier alpha value is -0.910. The third-order valence-corrected chi connectivity index (χ3v) is 1.95. The van der Waals surface area contributed by atoms with E-state index in [1.54, 1.807) is 19.1 Å². The minimum atomic E-state index is -0.868. The molecule has 0 bridgehead atoms. The van der Waals surface area contributed by atoms with E-state index in [9.17, 15) is 4.79 Å². The van der Waals surface area contributed by atoms with Crippen LogP contribution in [0.3, 0.4) is 0 Å². The fraction of sp³-hybridized carbons (Fsp3) is 0.667. The second-order valence-electron chi connectivity index (χ2n) is 3.08. The predicted molar refractivity (Wildman–Crippen MR) is 47.1 cm³/mol. The molecular weight excluding hydrogens is 188 g/mol. The summed E-state index contributed by atoms with van der Waals surface area (Å²) in [6.07, 6.45) is 3.13. The zero-order chi connectivity index (χ0) is 10.6. The van der Waals surface area contributed by atoms with E-state index in [2.05, 4.69) is 4.74 Å². The maximum absolute atomic E-state index is 10.9. The molecule has 0 aliphatic carbocycles. The second-order valence-corrected chi connectivity index (χ2v) is 3.08. The molecule has 0 spiro atoms. The van der Waals surface area contributed by atoms with E-state index in [4.69, 9.17) is 14.5 Å². The van der Waals surface area contributed by atoms with E-state index >= 15 is 0 Å². The Bertz CT molecular complexity index is 237. The molecule has 0 unspecified atom stereocenters. The molecule has 0 saturated heterocycles. The van der Waals surface area contributed by atoms with Crippen LogP contribution < -0.4 is 0 Å². The summed E-state index contributed by atoms with van der Waals surface area (Å²) < 4.78 is 9.50. The lowest BCUT2D eigenvalue weighted by Gasteiger charge is -2.29. The zero-order valence-electron chi connectivity index (χ0n) is 8.48. The zero-order valence-corrected chi connectivity index (χ0v) is 8.48. The number of esters is 1. The van der Waals surface area contributed by atoms with Crippen LogP contribution in [0.1, 0.15) is 13.3 Å². The van der Waals surface area contributed by atoms with Crippen LogP contribution in [0.2, 0.25) is 0 Å². The van der Waals surface area contributed by atoms with Gasteiger partial charge in [-0.3, -0.25) is 4.79 Å². The van der Waals surface area contributed by atoms with E-state index in [0.29, 0.717) is 0 Å². The van der Waals surface area contributed by atoms with Crippen molar-refractivity contribution in [3.63, 3.8) is 0 Å². The summed E-state index contributed by atoms with van der Waals surface area (Å²) in [6.45, 7) is 1.71. The molecule has 0 saturated carbocycles. The van der Waals surface area contributed by atoms with Gasteiger partial charge in [-0.2, -0.15) is 4.89 Å². The first kappa shape index (κ1) is 11.2. The number of methoxy groups -OCH3 is 2. The van der Waals surface area contributed by atoms with Gasteiger partial charge in [0, 0.05) is 7.11 Å². The summed E-state index contributed by atoms with van der Waals surface area (Å²) in [5, 5.41) is 0. The molecule has 1 aliphatic rings. The average Bonchev–Trinajstić information content (AvgIpc) is 2.21. The Kier molecular flexibility index (Phi) is 3.62. The topological polar surface area (TPSA) is 54.0 Å². The minimum Gasteiger partial charge on any atom is -0.469 e. The number of hydrogen-bond acceptors (Lipinski definition) is 5. The lowest BCUT2D eigenvalue weighted by Crippen LogP contribution is -2.35. The summed E-state index contributed by atoms with van der Waals surface area (Å²) in [7, 11) is 2.84. The summed E-state index contributed by atoms with van der Waals surface area (Å²) >= 11 is 0. The average molecular weight is 202 g/mol. The van der Waals surface area contributed by atoms with Crippen LogP contribution in [-0.2, 0) is 24.0 Å². The molecular formula is C9H14O5. The van der Waals surface area contributed by atoms with Gasteiger partial charge < -0.3 is 9.47 Å². The normalized spacial score (nSPS) is 31.5. The van der Waals surface area contributed by atoms with E-state index in [1.807, 2.05) is 0 Å². The van der Waals surface area contributed by atoms with Crippen LogP contribution in [-0.4, -0.2) is 32.1 Å². The Morgan fingerprint density at radius 2 is 2.29 bits per heavy atom. The van der Waals surface area contributed by atoms with Crippen molar-refractivity contribution in [2.24, 2.45) is 0 Å². The highest BCUT2D eigenvalue weighted by Gasteiger charge is 2.29. The highest BCUT2D eigenvalue weighted by molar-refractivity contribution is 5.70. The third kappa shape index (κ3) is 2.80. The van der Waals surface area contributed by atoms with Crippen molar-refractivity contribution in [2.75, 3.05) is 14.2 Å². The SMILES string of the molecule is COC(=O)C[C@@H]1C=C[C@](C)(OC)OO1. The standard InChI is InChI=1S/C9H14O5/c1-9(12-3)5-4-7(13-14-9)6-8(10)11-2/h4-5,7H,6H2,1-3H3/t7-,9+/m0/s1. The summed E-state index contributed by atoms with van der Waals surface area (Å²) in [5.41, 5.74) is 0. The number of carbonyl (C=O) groups is 1. The van der Waals surface area contributed by atoms with Gasteiger partial charge in [-0.1, -0.05) is 6.08 Å². The van der Waals surface area contributed by atoms with Crippen LogP contribution in [0.5, 0.6) is 0 Å². The number of carbonyl (C=O) groups excluding carboxylic acids is 1. The first-order valence-corrected chi connectivity index (χ1v) is 4.25. The van der Waals surface area contributed by atoms with Gasteiger partial charge in [0.15, 0.2) is 0 Å². The molecule has 5 heteroatoms. The van der Waals surface area contributed by atoms with Gasteiger partial charge in [-0.25, -0.2) is 4.89 Å². The number of ether oxygens (including phenoxy) is 2. The van der Waals surface area contributed by atoms with Crippen molar-refractivity contribution in [1.29, 1.82) is 0 Å². The molecule has 0 aromatic rings. The maximum atomic E-state index is 10.9. The lowest BCUT2D eigenvalue weighted by atomic mass is 10.2. The van der Waals surface area contributed by atoms with Gasteiger partial charge in [0.2, 0.25) is 5.79 Å². The van der Waals surface area contributed by atoms with Crippen LogP contribution in [0.15, 0.2) is 12.2 Å². The monoisotopic (exact) mass is 202 g/mol. The van der Waals surface area contributed by atoms with Crippen molar-refractivity contribution in [3.8, 4) is 0 Å². The van der Waals surface area contributed by atoms with Crippen LogP contribution in [0.4, 0.5) is 0 Å². The Morgan fingerprint density at radius 1 is 1.57 bits per heavy atom. The van der Waals surface area contributed by atoms with E-state index < -0.39 is 11.9 Å². The molecule has 2 atom stereocenters. The Labute approximate surface area is 82.5 Å². The van der Waals surface area contributed by atoms with Gasteiger partial charge in [0.1, 0.15) is 6.10 Å². The maximum Gasteiger partial charge on any atom is 0.308 e. The molecule has 0 aromatic heterocycles. The predicted octanol–water partition coefficient (Wildman–Crippen LogP) is 0.799. The highest BCUT2D eigenvalue weighted by atomic mass is 17.2. The van der Waals surface area contributed by atoms with Crippen LogP contribution >= 0.6 is 0 Å². The largest absolute Gasteiger partial charge is 0.469 e. The molecule has 1 heterocycles. The molecule has 0 amide bonds. The molecule has 1 aliphatic heterocycles.